The minimum atomic E-state index is -2.02. The molecule has 0 amide bonds. The van der Waals surface area contributed by atoms with Crippen LogP contribution in [-0.2, 0) is 0 Å². The Balaban J connectivity index is 3.54. The Morgan fingerprint density at radius 1 is 1.12 bits per heavy atom. The molecule has 1 rings (SSSR count). The predicted octanol–water partition coefficient (Wildman–Crippen LogP) is 4.75. The predicted molar refractivity (Wildman–Crippen MR) is 75.6 cm³/mol. The number of benzene rings is 1. The molecule has 17 heavy (non-hydrogen) atoms. The Morgan fingerprint density at radius 3 is 2.00 bits per heavy atom. The molecule has 0 heterocycles. The van der Waals surface area contributed by atoms with E-state index in [9.17, 15) is 8.78 Å². The van der Waals surface area contributed by atoms with Crippen LogP contribution in [0.1, 0.15) is 26.3 Å². The Bertz CT molecular complexity index is 406. The lowest BCUT2D eigenvalue weighted by atomic mass is 10.2. The minimum absolute atomic E-state index is 0.361. The first-order valence-electron chi connectivity index (χ1n) is 6.08. The van der Waals surface area contributed by atoms with Crippen LogP contribution in [0.25, 0.3) is 0 Å². The van der Waals surface area contributed by atoms with E-state index in [4.69, 9.17) is 0 Å². The number of rotatable bonds is 4. The van der Waals surface area contributed by atoms with Gasteiger partial charge in [0.1, 0.15) is 11.6 Å². The van der Waals surface area contributed by atoms with Gasteiger partial charge in [0.2, 0.25) is 0 Å². The Labute approximate surface area is 112 Å². The molecule has 0 aliphatic carbocycles. The summed E-state index contributed by atoms with van der Waals surface area (Å²) in [5.74, 6) is -0.736. The molecule has 0 nitrogen and oxygen atoms in total. The SMILES string of the molecule is CC[Si](CC)(CC)c1c(F)cc(C)c(Br)c1F. The van der Waals surface area contributed by atoms with Gasteiger partial charge in [0.15, 0.2) is 0 Å². The maximum absolute atomic E-state index is 14.3. The van der Waals surface area contributed by atoms with Gasteiger partial charge in [0.05, 0.1) is 12.5 Å². The van der Waals surface area contributed by atoms with Crippen LogP contribution in [0.5, 0.6) is 0 Å². The summed E-state index contributed by atoms with van der Waals surface area (Å²) < 4.78 is 28.9. The third kappa shape index (κ3) is 2.48. The standard InChI is InChI=1S/C13H19BrF2Si/c1-5-17(6-2,7-3)13-10(15)8-9(4)11(14)12(13)16/h8H,5-7H2,1-4H3. The molecule has 0 saturated heterocycles. The molecule has 0 unspecified atom stereocenters. The third-order valence-corrected chi connectivity index (χ3v) is 10.5. The molecular weight excluding hydrogens is 302 g/mol. The highest BCUT2D eigenvalue weighted by Gasteiger charge is 2.35. The van der Waals surface area contributed by atoms with E-state index in [2.05, 4.69) is 15.9 Å². The van der Waals surface area contributed by atoms with Crippen molar-refractivity contribution < 1.29 is 8.78 Å². The number of aryl methyl sites for hydroxylation is 1. The van der Waals surface area contributed by atoms with Gasteiger partial charge in [-0.1, -0.05) is 38.9 Å². The minimum Gasteiger partial charge on any atom is -0.207 e. The van der Waals surface area contributed by atoms with Gasteiger partial charge in [-0.25, -0.2) is 8.78 Å². The summed E-state index contributed by atoms with van der Waals surface area (Å²) in [5.41, 5.74) is 0.620. The van der Waals surface area contributed by atoms with E-state index in [1.165, 1.54) is 6.07 Å². The molecule has 1 aromatic carbocycles. The molecule has 0 N–H and O–H groups in total. The molecule has 96 valence electrons. The molecule has 0 aliphatic rings. The van der Waals surface area contributed by atoms with E-state index in [1.807, 2.05) is 20.8 Å². The van der Waals surface area contributed by atoms with E-state index >= 15 is 0 Å². The normalized spacial score (nSPS) is 11.9. The van der Waals surface area contributed by atoms with Gasteiger partial charge in [0.25, 0.3) is 0 Å². The highest BCUT2D eigenvalue weighted by Crippen LogP contribution is 2.27. The van der Waals surface area contributed by atoms with Crippen molar-refractivity contribution in [3.05, 3.63) is 27.7 Å². The summed E-state index contributed by atoms with van der Waals surface area (Å²) in [6, 6.07) is 4.08. The first-order valence-corrected chi connectivity index (χ1v) is 9.49. The molecule has 0 aliphatic heterocycles. The van der Waals surface area contributed by atoms with E-state index in [-0.39, 0.29) is 11.6 Å². The quantitative estimate of drug-likeness (QED) is 0.554. The fraction of sp³-hybridized carbons (Fsp3) is 0.538. The fourth-order valence-corrected chi connectivity index (χ4v) is 6.71. The molecule has 0 aromatic heterocycles. The summed E-state index contributed by atoms with van der Waals surface area (Å²) in [6.45, 7) is 7.86. The van der Waals surface area contributed by atoms with Crippen molar-refractivity contribution in [2.45, 2.75) is 45.8 Å². The molecule has 4 heteroatoms. The number of halogens is 3. The van der Waals surface area contributed by atoms with Crippen molar-refractivity contribution in [2.75, 3.05) is 0 Å². The molecule has 1 aromatic rings. The van der Waals surface area contributed by atoms with E-state index < -0.39 is 8.07 Å². The van der Waals surface area contributed by atoms with Crippen molar-refractivity contribution in [2.24, 2.45) is 0 Å². The summed E-state index contributed by atoms with van der Waals surface area (Å²) in [5, 5.41) is 0.377. The number of hydrogen-bond donors (Lipinski definition) is 0. The van der Waals surface area contributed by atoms with Crippen molar-refractivity contribution in [3.8, 4) is 0 Å². The zero-order chi connectivity index (χ0) is 13.2. The maximum Gasteiger partial charge on any atom is 0.139 e. The summed E-state index contributed by atoms with van der Waals surface area (Å²) >= 11 is 3.22. The van der Waals surface area contributed by atoms with Crippen LogP contribution < -0.4 is 5.19 Å². The first kappa shape index (κ1) is 14.8. The second-order valence-electron chi connectivity index (χ2n) is 4.52. The lowest BCUT2D eigenvalue weighted by molar-refractivity contribution is 0.588. The molecule has 0 fully saturated rings. The Hall–Kier alpha value is -0.223. The second-order valence-corrected chi connectivity index (χ2v) is 10.5. The number of hydrogen-bond acceptors (Lipinski definition) is 0. The lowest BCUT2D eigenvalue weighted by Crippen LogP contribution is -2.49. The van der Waals surface area contributed by atoms with Gasteiger partial charge < -0.3 is 0 Å². The second kappa shape index (κ2) is 5.61. The molecule has 0 saturated carbocycles. The van der Waals surface area contributed by atoms with Crippen LogP contribution in [-0.4, -0.2) is 8.07 Å². The topological polar surface area (TPSA) is 0 Å². The van der Waals surface area contributed by atoms with Gasteiger partial charge in [-0.2, -0.15) is 0 Å². The monoisotopic (exact) mass is 320 g/mol. The van der Waals surface area contributed by atoms with Gasteiger partial charge in [-0.3, -0.25) is 0 Å². The van der Waals surface area contributed by atoms with Crippen molar-refractivity contribution in [3.63, 3.8) is 0 Å². The van der Waals surface area contributed by atoms with Gasteiger partial charge in [-0.15, -0.1) is 0 Å². The average Bonchev–Trinajstić information content (AvgIpc) is 2.32. The molecule has 0 atom stereocenters. The zero-order valence-electron chi connectivity index (χ0n) is 10.8. The highest BCUT2D eigenvalue weighted by atomic mass is 79.9. The van der Waals surface area contributed by atoms with Crippen molar-refractivity contribution in [1.29, 1.82) is 0 Å². The molecule has 0 bridgehead atoms. The van der Waals surface area contributed by atoms with Gasteiger partial charge >= 0.3 is 0 Å². The van der Waals surface area contributed by atoms with Gasteiger partial charge in [-0.05, 0) is 34.5 Å². The lowest BCUT2D eigenvalue weighted by Gasteiger charge is -2.30. The summed E-state index contributed by atoms with van der Waals surface area (Å²) in [7, 11) is -2.02. The van der Waals surface area contributed by atoms with Crippen LogP contribution in [0, 0.1) is 18.6 Å². The summed E-state index contributed by atoms with van der Waals surface area (Å²) in [6.07, 6.45) is 0. The largest absolute Gasteiger partial charge is 0.207 e. The summed E-state index contributed by atoms with van der Waals surface area (Å²) in [4.78, 5) is 0. The third-order valence-electron chi connectivity index (χ3n) is 3.90. The van der Waals surface area contributed by atoms with Gasteiger partial charge in [0, 0.05) is 5.19 Å². The fourth-order valence-electron chi connectivity index (χ4n) is 2.48. The van der Waals surface area contributed by atoms with Crippen LogP contribution in [0.15, 0.2) is 10.5 Å². The average molecular weight is 321 g/mol. The molecule has 0 spiro atoms. The van der Waals surface area contributed by atoms with Crippen LogP contribution >= 0.6 is 15.9 Å². The zero-order valence-corrected chi connectivity index (χ0v) is 13.4. The molecular formula is C13H19BrF2Si. The molecule has 0 radical (unpaired) electrons. The van der Waals surface area contributed by atoms with E-state index in [0.29, 0.717) is 15.2 Å². The Kier molecular flexibility index (Phi) is 4.90. The highest BCUT2D eigenvalue weighted by molar-refractivity contribution is 9.10. The first-order chi connectivity index (χ1) is 7.93. The van der Waals surface area contributed by atoms with E-state index in [0.717, 1.165) is 18.1 Å². The van der Waals surface area contributed by atoms with Crippen LogP contribution in [0.3, 0.4) is 0 Å². The van der Waals surface area contributed by atoms with Crippen LogP contribution in [0.4, 0.5) is 8.78 Å². The van der Waals surface area contributed by atoms with Crippen molar-refractivity contribution in [1.82, 2.24) is 0 Å². The van der Waals surface area contributed by atoms with Crippen molar-refractivity contribution >= 4 is 29.2 Å². The van der Waals surface area contributed by atoms with Crippen LogP contribution in [0.2, 0.25) is 18.1 Å². The van der Waals surface area contributed by atoms with E-state index in [1.54, 1.807) is 6.92 Å². The maximum atomic E-state index is 14.3. The smallest absolute Gasteiger partial charge is 0.139 e. The Morgan fingerprint density at radius 2 is 1.59 bits per heavy atom.